The monoisotopic (exact) mass is 181 g/mol. The Morgan fingerprint density at radius 1 is 1.15 bits per heavy atom. The van der Waals surface area contributed by atoms with Crippen LogP contribution in [0.15, 0.2) is 0 Å². The third kappa shape index (κ3) is 1.63. The minimum atomic E-state index is 0.762. The van der Waals surface area contributed by atoms with Crippen LogP contribution in [0.3, 0.4) is 0 Å². The van der Waals surface area contributed by atoms with E-state index < -0.39 is 0 Å². The highest BCUT2D eigenvalue weighted by Gasteiger charge is 2.39. The summed E-state index contributed by atoms with van der Waals surface area (Å²) in [5, 5.41) is 0. The zero-order valence-corrected chi connectivity index (χ0v) is 9.29. The van der Waals surface area contributed by atoms with E-state index in [0.29, 0.717) is 0 Å². The smallest absolute Gasteiger partial charge is 0.0129 e. The summed E-state index contributed by atoms with van der Waals surface area (Å²) in [6.45, 7) is 8.51. The Morgan fingerprint density at radius 3 is 2.62 bits per heavy atom. The van der Waals surface area contributed by atoms with E-state index in [-0.39, 0.29) is 0 Å². The molecular formula is C12H23N. The molecule has 1 saturated heterocycles. The summed E-state index contributed by atoms with van der Waals surface area (Å²) in [4.78, 5) is 2.75. The van der Waals surface area contributed by atoms with Crippen molar-refractivity contribution in [3.8, 4) is 0 Å². The highest BCUT2D eigenvalue weighted by molar-refractivity contribution is 4.93. The summed E-state index contributed by atoms with van der Waals surface area (Å²) in [5.41, 5.74) is 0. The molecule has 76 valence electrons. The molecule has 1 saturated carbocycles. The largest absolute Gasteiger partial charge is 0.298 e. The topological polar surface area (TPSA) is 3.24 Å². The Bertz CT molecular complexity index is 176. The van der Waals surface area contributed by atoms with Gasteiger partial charge >= 0.3 is 0 Å². The standard InChI is InChI=1S/C12H23N/c1-9(2)13-8-7-10(3)11-5-4-6-12(11)13/h9-12H,4-8H2,1-3H3. The van der Waals surface area contributed by atoms with Gasteiger partial charge in [0, 0.05) is 12.1 Å². The quantitative estimate of drug-likeness (QED) is 0.601. The van der Waals surface area contributed by atoms with Gasteiger partial charge in [0.15, 0.2) is 0 Å². The fourth-order valence-electron chi connectivity index (χ4n) is 3.42. The van der Waals surface area contributed by atoms with E-state index in [1.807, 2.05) is 0 Å². The summed E-state index contributed by atoms with van der Waals surface area (Å²) in [7, 11) is 0. The molecule has 3 unspecified atom stereocenters. The molecule has 0 N–H and O–H groups in total. The number of hydrogen-bond acceptors (Lipinski definition) is 1. The molecule has 13 heavy (non-hydrogen) atoms. The first-order chi connectivity index (χ1) is 6.20. The Labute approximate surface area is 82.5 Å². The lowest BCUT2D eigenvalue weighted by Crippen LogP contribution is -2.48. The predicted octanol–water partition coefficient (Wildman–Crippen LogP) is 2.91. The van der Waals surface area contributed by atoms with Crippen molar-refractivity contribution in [2.45, 2.75) is 58.5 Å². The number of fused-ring (bicyclic) bond motifs is 1. The normalized spacial score (nSPS) is 41.1. The van der Waals surface area contributed by atoms with Crippen LogP contribution in [-0.4, -0.2) is 23.5 Å². The Balaban J connectivity index is 2.08. The lowest BCUT2D eigenvalue weighted by Gasteiger charge is -2.43. The molecular weight excluding hydrogens is 158 g/mol. The van der Waals surface area contributed by atoms with E-state index in [1.165, 1.54) is 32.2 Å². The van der Waals surface area contributed by atoms with Crippen LogP contribution in [0, 0.1) is 11.8 Å². The highest BCUT2D eigenvalue weighted by Crippen LogP contribution is 2.40. The Hall–Kier alpha value is -0.0400. The molecule has 2 aliphatic rings. The molecule has 1 heteroatoms. The molecule has 0 radical (unpaired) electrons. The molecule has 2 rings (SSSR count). The fraction of sp³-hybridized carbons (Fsp3) is 1.00. The number of rotatable bonds is 1. The molecule has 0 aromatic carbocycles. The van der Waals surface area contributed by atoms with E-state index in [4.69, 9.17) is 0 Å². The summed E-state index contributed by atoms with van der Waals surface area (Å²) in [6.07, 6.45) is 5.87. The molecule has 0 spiro atoms. The molecule has 1 heterocycles. The SMILES string of the molecule is CC1CCN(C(C)C)C2CCCC12. The van der Waals surface area contributed by atoms with Crippen LogP contribution >= 0.6 is 0 Å². The van der Waals surface area contributed by atoms with Gasteiger partial charge < -0.3 is 0 Å². The van der Waals surface area contributed by atoms with Crippen molar-refractivity contribution in [3.05, 3.63) is 0 Å². The van der Waals surface area contributed by atoms with Crippen LogP contribution in [0.2, 0.25) is 0 Å². The maximum absolute atomic E-state index is 2.75. The Morgan fingerprint density at radius 2 is 1.92 bits per heavy atom. The van der Waals surface area contributed by atoms with Crippen molar-refractivity contribution in [2.75, 3.05) is 6.54 Å². The van der Waals surface area contributed by atoms with Crippen molar-refractivity contribution >= 4 is 0 Å². The lowest BCUT2D eigenvalue weighted by atomic mass is 9.82. The summed E-state index contributed by atoms with van der Waals surface area (Å²) >= 11 is 0. The zero-order valence-electron chi connectivity index (χ0n) is 9.29. The summed E-state index contributed by atoms with van der Waals surface area (Å²) in [6, 6.07) is 1.70. The lowest BCUT2D eigenvalue weighted by molar-refractivity contribution is 0.0500. The average Bonchev–Trinajstić information content (AvgIpc) is 2.53. The van der Waals surface area contributed by atoms with Gasteiger partial charge in [0.1, 0.15) is 0 Å². The van der Waals surface area contributed by atoms with Gasteiger partial charge in [0.25, 0.3) is 0 Å². The zero-order chi connectivity index (χ0) is 9.42. The van der Waals surface area contributed by atoms with Gasteiger partial charge in [-0.25, -0.2) is 0 Å². The molecule has 0 aromatic rings. The van der Waals surface area contributed by atoms with Gasteiger partial charge in [0.2, 0.25) is 0 Å². The van der Waals surface area contributed by atoms with Gasteiger partial charge in [-0.3, -0.25) is 4.90 Å². The maximum Gasteiger partial charge on any atom is 0.0129 e. The maximum atomic E-state index is 2.75. The number of likely N-dealkylation sites (tertiary alicyclic amines) is 1. The molecule has 0 bridgehead atoms. The van der Waals surface area contributed by atoms with Crippen molar-refractivity contribution in [2.24, 2.45) is 11.8 Å². The minimum absolute atomic E-state index is 0.762. The van der Waals surface area contributed by atoms with Crippen molar-refractivity contribution in [1.29, 1.82) is 0 Å². The molecule has 1 aliphatic carbocycles. The fourth-order valence-corrected chi connectivity index (χ4v) is 3.42. The van der Waals surface area contributed by atoms with Gasteiger partial charge in [-0.2, -0.15) is 0 Å². The van der Waals surface area contributed by atoms with Crippen molar-refractivity contribution in [1.82, 2.24) is 4.90 Å². The summed E-state index contributed by atoms with van der Waals surface area (Å²) < 4.78 is 0. The van der Waals surface area contributed by atoms with E-state index in [9.17, 15) is 0 Å². The van der Waals surface area contributed by atoms with E-state index >= 15 is 0 Å². The van der Waals surface area contributed by atoms with Gasteiger partial charge in [-0.1, -0.05) is 13.3 Å². The molecule has 2 fully saturated rings. The average molecular weight is 181 g/mol. The second kappa shape index (κ2) is 3.61. The van der Waals surface area contributed by atoms with Crippen LogP contribution < -0.4 is 0 Å². The number of piperidine rings is 1. The van der Waals surface area contributed by atoms with Gasteiger partial charge in [-0.05, 0) is 51.5 Å². The molecule has 0 aromatic heterocycles. The van der Waals surface area contributed by atoms with Crippen LogP contribution in [-0.2, 0) is 0 Å². The number of nitrogens with zero attached hydrogens (tertiary/aromatic N) is 1. The second-order valence-electron chi connectivity index (χ2n) is 5.26. The highest BCUT2D eigenvalue weighted by atomic mass is 15.2. The summed E-state index contributed by atoms with van der Waals surface area (Å²) in [5.74, 6) is 2.01. The first-order valence-electron chi connectivity index (χ1n) is 5.96. The van der Waals surface area contributed by atoms with Crippen molar-refractivity contribution in [3.63, 3.8) is 0 Å². The minimum Gasteiger partial charge on any atom is -0.298 e. The first-order valence-corrected chi connectivity index (χ1v) is 5.96. The van der Waals surface area contributed by atoms with Gasteiger partial charge in [0.05, 0.1) is 0 Å². The van der Waals surface area contributed by atoms with Crippen LogP contribution in [0.25, 0.3) is 0 Å². The van der Waals surface area contributed by atoms with Crippen LogP contribution in [0.5, 0.6) is 0 Å². The van der Waals surface area contributed by atoms with E-state index in [2.05, 4.69) is 25.7 Å². The van der Waals surface area contributed by atoms with E-state index in [1.54, 1.807) is 0 Å². The molecule has 3 atom stereocenters. The van der Waals surface area contributed by atoms with E-state index in [0.717, 1.165) is 23.9 Å². The first kappa shape index (κ1) is 9.51. The second-order valence-corrected chi connectivity index (χ2v) is 5.26. The molecule has 1 aliphatic heterocycles. The third-order valence-electron chi connectivity index (χ3n) is 4.19. The van der Waals surface area contributed by atoms with Gasteiger partial charge in [-0.15, -0.1) is 0 Å². The molecule has 0 amide bonds. The number of hydrogen-bond donors (Lipinski definition) is 0. The Kier molecular flexibility index (Phi) is 2.64. The molecule has 1 nitrogen and oxygen atoms in total. The third-order valence-corrected chi connectivity index (χ3v) is 4.19. The van der Waals surface area contributed by atoms with Crippen molar-refractivity contribution < 1.29 is 0 Å². The van der Waals surface area contributed by atoms with Crippen LogP contribution in [0.1, 0.15) is 46.5 Å². The van der Waals surface area contributed by atoms with Crippen LogP contribution in [0.4, 0.5) is 0 Å². The predicted molar refractivity (Wildman–Crippen MR) is 56.8 cm³/mol.